The monoisotopic (exact) mass is 177 g/mol. The van der Waals surface area contributed by atoms with E-state index >= 15 is 0 Å². The number of fused-ring (bicyclic) bond motifs is 1. The molecular weight excluding hydrogens is 170 g/mol. The average molecular weight is 177 g/mol. The normalized spacial score (nSPS) is 10.5. The van der Waals surface area contributed by atoms with Crippen LogP contribution in [0.25, 0.3) is 5.65 Å². The number of hydrogen-bond acceptors (Lipinski definition) is 3. The van der Waals surface area contributed by atoms with Crippen LogP contribution in [0.1, 0.15) is 10.5 Å². The van der Waals surface area contributed by atoms with Gasteiger partial charge in [0.1, 0.15) is 11.3 Å². The number of aromatic nitrogens is 3. The molecule has 0 aliphatic carbocycles. The van der Waals surface area contributed by atoms with Gasteiger partial charge in [-0.05, 0) is 6.07 Å². The van der Waals surface area contributed by atoms with Gasteiger partial charge >= 0.3 is 5.69 Å². The first-order chi connectivity index (χ1) is 6.24. The maximum absolute atomic E-state index is 11.5. The van der Waals surface area contributed by atoms with Gasteiger partial charge in [-0.15, -0.1) is 0 Å². The summed E-state index contributed by atoms with van der Waals surface area (Å²) in [5.74, 6) is 0. The highest BCUT2D eigenvalue weighted by atomic mass is 16.1. The first-order valence-electron chi connectivity index (χ1n) is 3.72. The lowest BCUT2D eigenvalue weighted by molar-refractivity contribution is 0.111. The van der Waals surface area contributed by atoms with Crippen LogP contribution in [0.2, 0.25) is 0 Å². The van der Waals surface area contributed by atoms with Crippen LogP contribution in [0.4, 0.5) is 0 Å². The van der Waals surface area contributed by atoms with Crippen LogP contribution >= 0.6 is 0 Å². The van der Waals surface area contributed by atoms with E-state index in [1.807, 2.05) is 0 Å². The van der Waals surface area contributed by atoms with E-state index in [1.54, 1.807) is 19.3 Å². The zero-order valence-corrected chi connectivity index (χ0v) is 6.97. The van der Waals surface area contributed by atoms with Gasteiger partial charge < -0.3 is 4.57 Å². The largest absolute Gasteiger partial charge is 0.334 e. The van der Waals surface area contributed by atoms with Crippen molar-refractivity contribution in [1.29, 1.82) is 0 Å². The Kier molecular flexibility index (Phi) is 1.51. The van der Waals surface area contributed by atoms with Crippen LogP contribution in [-0.4, -0.2) is 20.2 Å². The van der Waals surface area contributed by atoms with Crippen molar-refractivity contribution >= 4 is 11.9 Å². The molecular formula is C8H7N3O2. The molecule has 0 aliphatic rings. The molecule has 0 atom stereocenters. The molecule has 5 nitrogen and oxygen atoms in total. The fourth-order valence-electron chi connectivity index (χ4n) is 1.19. The number of nitrogens with zero attached hydrogens (tertiary/aromatic N) is 3. The van der Waals surface area contributed by atoms with Crippen molar-refractivity contribution in [1.82, 2.24) is 14.0 Å². The summed E-state index contributed by atoms with van der Waals surface area (Å²) in [5.41, 5.74) is 0.499. The third-order valence-corrected chi connectivity index (χ3v) is 1.88. The molecule has 0 spiro atoms. The van der Waals surface area contributed by atoms with Crippen LogP contribution in [-0.2, 0) is 7.05 Å². The number of rotatable bonds is 1. The standard InChI is InChI=1S/C8H7N3O2/c1-10-3-2-7-9-4-6(5-12)11(7)8(10)13/h2-5H,1H3. The molecule has 0 aliphatic heterocycles. The summed E-state index contributed by atoms with van der Waals surface area (Å²) in [5, 5.41) is 0. The Hall–Kier alpha value is -1.91. The first-order valence-corrected chi connectivity index (χ1v) is 3.72. The summed E-state index contributed by atoms with van der Waals surface area (Å²) in [6, 6.07) is 1.67. The molecule has 0 amide bonds. The van der Waals surface area contributed by atoms with Crippen molar-refractivity contribution in [2.75, 3.05) is 0 Å². The molecule has 13 heavy (non-hydrogen) atoms. The van der Waals surface area contributed by atoms with Gasteiger partial charge in [0.25, 0.3) is 0 Å². The molecule has 66 valence electrons. The van der Waals surface area contributed by atoms with Gasteiger partial charge in [0.05, 0.1) is 6.20 Å². The first kappa shape index (κ1) is 7.72. The molecule has 2 heterocycles. The number of aryl methyl sites for hydroxylation is 1. The lowest BCUT2D eigenvalue weighted by Gasteiger charge is -1.97. The second kappa shape index (κ2) is 2.55. The Labute approximate surface area is 73.3 Å². The SMILES string of the molecule is Cn1ccc2ncc(C=O)n2c1=O. The van der Waals surface area contributed by atoms with Crippen molar-refractivity contribution in [3.63, 3.8) is 0 Å². The number of aldehydes is 1. The Balaban J connectivity index is 3.02. The summed E-state index contributed by atoms with van der Waals surface area (Å²) in [7, 11) is 1.62. The summed E-state index contributed by atoms with van der Waals surface area (Å²) in [6.07, 6.45) is 3.60. The molecule has 0 radical (unpaired) electrons. The van der Waals surface area contributed by atoms with Gasteiger partial charge in [-0.2, -0.15) is 0 Å². The van der Waals surface area contributed by atoms with Crippen molar-refractivity contribution in [3.8, 4) is 0 Å². The number of hydrogen-bond donors (Lipinski definition) is 0. The zero-order chi connectivity index (χ0) is 9.42. The van der Waals surface area contributed by atoms with E-state index in [4.69, 9.17) is 0 Å². The maximum atomic E-state index is 11.5. The van der Waals surface area contributed by atoms with Gasteiger partial charge in [0, 0.05) is 13.2 Å². The van der Waals surface area contributed by atoms with Gasteiger partial charge in [0.15, 0.2) is 6.29 Å². The number of imidazole rings is 1. The molecule has 0 unspecified atom stereocenters. The van der Waals surface area contributed by atoms with Crippen molar-refractivity contribution in [3.05, 3.63) is 34.6 Å². The van der Waals surface area contributed by atoms with E-state index in [0.29, 0.717) is 11.9 Å². The molecule has 0 bridgehead atoms. The minimum atomic E-state index is -0.267. The quantitative estimate of drug-likeness (QED) is 0.569. The molecule has 2 aromatic rings. The van der Waals surface area contributed by atoms with Crippen molar-refractivity contribution < 1.29 is 4.79 Å². The average Bonchev–Trinajstić information content (AvgIpc) is 2.55. The summed E-state index contributed by atoms with van der Waals surface area (Å²) >= 11 is 0. The van der Waals surface area contributed by atoms with Gasteiger partial charge in [-0.25, -0.2) is 14.2 Å². The fourth-order valence-corrected chi connectivity index (χ4v) is 1.19. The zero-order valence-electron chi connectivity index (χ0n) is 6.97. The predicted octanol–water partition coefficient (Wildman–Crippen LogP) is -0.155. The van der Waals surface area contributed by atoms with E-state index in [2.05, 4.69) is 4.98 Å². The van der Waals surface area contributed by atoms with Gasteiger partial charge in [-0.1, -0.05) is 0 Å². The summed E-state index contributed by atoms with van der Waals surface area (Å²) in [6.45, 7) is 0. The fraction of sp³-hybridized carbons (Fsp3) is 0.125. The summed E-state index contributed by atoms with van der Waals surface area (Å²) in [4.78, 5) is 25.9. The Bertz CT molecular complexity index is 524. The third kappa shape index (κ3) is 0.970. The molecule has 2 rings (SSSR count). The highest BCUT2D eigenvalue weighted by Crippen LogP contribution is 1.99. The lowest BCUT2D eigenvalue weighted by atomic mass is 10.5. The molecule has 0 saturated heterocycles. The third-order valence-electron chi connectivity index (χ3n) is 1.88. The molecule has 0 aromatic carbocycles. The predicted molar refractivity (Wildman–Crippen MR) is 45.8 cm³/mol. The van der Waals surface area contributed by atoms with Crippen LogP contribution in [0.5, 0.6) is 0 Å². The Morgan fingerprint density at radius 2 is 2.31 bits per heavy atom. The van der Waals surface area contributed by atoms with E-state index in [1.165, 1.54) is 15.2 Å². The lowest BCUT2D eigenvalue weighted by Crippen LogP contribution is -2.24. The van der Waals surface area contributed by atoms with Gasteiger partial charge in [-0.3, -0.25) is 4.79 Å². The molecule has 0 saturated carbocycles. The molecule has 2 aromatic heterocycles. The topological polar surface area (TPSA) is 56.4 Å². The van der Waals surface area contributed by atoms with Crippen molar-refractivity contribution in [2.24, 2.45) is 7.05 Å². The van der Waals surface area contributed by atoms with Gasteiger partial charge in [0.2, 0.25) is 0 Å². The van der Waals surface area contributed by atoms with Crippen LogP contribution in [0.15, 0.2) is 23.3 Å². The number of carbonyl (C=O) groups is 1. The molecule has 0 N–H and O–H groups in total. The van der Waals surface area contributed by atoms with E-state index in [-0.39, 0.29) is 11.4 Å². The smallest absolute Gasteiger partial charge is 0.303 e. The highest BCUT2D eigenvalue weighted by molar-refractivity contribution is 5.73. The van der Waals surface area contributed by atoms with E-state index < -0.39 is 0 Å². The maximum Gasteiger partial charge on any atom is 0.334 e. The van der Waals surface area contributed by atoms with E-state index in [9.17, 15) is 9.59 Å². The second-order valence-electron chi connectivity index (χ2n) is 2.70. The molecule has 0 fully saturated rings. The van der Waals surface area contributed by atoms with Crippen LogP contribution in [0, 0.1) is 0 Å². The Morgan fingerprint density at radius 1 is 1.54 bits per heavy atom. The molecule has 5 heteroatoms. The van der Waals surface area contributed by atoms with Crippen molar-refractivity contribution in [2.45, 2.75) is 0 Å². The minimum absolute atomic E-state index is 0.267. The second-order valence-corrected chi connectivity index (χ2v) is 2.70. The highest BCUT2D eigenvalue weighted by Gasteiger charge is 2.05. The van der Waals surface area contributed by atoms with Crippen LogP contribution in [0.3, 0.4) is 0 Å². The van der Waals surface area contributed by atoms with E-state index in [0.717, 1.165) is 0 Å². The Morgan fingerprint density at radius 3 is 3.00 bits per heavy atom. The van der Waals surface area contributed by atoms with Crippen LogP contribution < -0.4 is 5.69 Å². The summed E-state index contributed by atoms with van der Waals surface area (Å²) < 4.78 is 2.66. The number of carbonyl (C=O) groups excluding carboxylic acids is 1. The minimum Gasteiger partial charge on any atom is -0.303 e.